The quantitative estimate of drug-likeness (QED) is 0.379. The fourth-order valence-electron chi connectivity index (χ4n) is 5.48. The highest BCUT2D eigenvalue weighted by Crippen LogP contribution is 2.36. The summed E-state index contributed by atoms with van der Waals surface area (Å²) < 4.78 is 54.8. The number of hydrogen-bond donors (Lipinski definition) is 0. The Bertz CT molecular complexity index is 1240. The van der Waals surface area contributed by atoms with Gasteiger partial charge in [0.1, 0.15) is 31.3 Å². The molecule has 3 aromatic carbocycles. The van der Waals surface area contributed by atoms with Crippen molar-refractivity contribution in [2.45, 2.75) is 25.5 Å². The molecule has 0 saturated carbocycles. The lowest BCUT2D eigenvalue weighted by Gasteiger charge is -2.52. The van der Waals surface area contributed by atoms with Crippen molar-refractivity contribution in [3.63, 3.8) is 0 Å². The molecule has 0 aliphatic carbocycles. The summed E-state index contributed by atoms with van der Waals surface area (Å²) >= 11 is 0. The second-order valence-corrected chi connectivity index (χ2v) is 9.90. The summed E-state index contributed by atoms with van der Waals surface area (Å²) in [7, 11) is 0. The summed E-state index contributed by atoms with van der Waals surface area (Å²) in [6, 6.07) is 18.9. The lowest BCUT2D eigenvalue weighted by molar-refractivity contribution is -0.946. The van der Waals surface area contributed by atoms with Gasteiger partial charge in [-0.2, -0.15) is 0 Å². The van der Waals surface area contributed by atoms with Gasteiger partial charge >= 0.3 is 6.09 Å². The number of carbonyl (C=O) groups is 1. The summed E-state index contributed by atoms with van der Waals surface area (Å²) in [6.45, 7) is 3.89. The number of piperidine rings is 3. The molecule has 0 unspecified atom stereocenters. The topological polar surface area (TPSA) is 38.8 Å². The molecule has 6 rings (SSSR count). The van der Waals surface area contributed by atoms with Crippen LogP contribution in [0.3, 0.4) is 0 Å². The van der Waals surface area contributed by atoms with Gasteiger partial charge < -0.3 is 30.9 Å². The van der Waals surface area contributed by atoms with Crippen molar-refractivity contribution >= 4 is 11.8 Å². The van der Waals surface area contributed by atoms with Crippen LogP contribution >= 0.6 is 0 Å². The Morgan fingerprint density at radius 3 is 2.32 bits per heavy atom. The van der Waals surface area contributed by atoms with Crippen LogP contribution in [0.25, 0.3) is 0 Å². The van der Waals surface area contributed by atoms with E-state index in [-0.39, 0.29) is 41.2 Å². The summed E-state index contributed by atoms with van der Waals surface area (Å²) in [5.74, 6) is -1.54. The Labute approximate surface area is 231 Å². The highest BCUT2D eigenvalue weighted by atomic mass is 79.9. The molecular weight excluding hydrogens is 561 g/mol. The molecule has 5 nitrogen and oxygen atoms in total. The van der Waals surface area contributed by atoms with Crippen molar-refractivity contribution < 1.29 is 48.9 Å². The van der Waals surface area contributed by atoms with Crippen molar-refractivity contribution in [3.05, 3.63) is 95.8 Å². The van der Waals surface area contributed by atoms with Gasteiger partial charge in [-0.15, -0.1) is 0 Å². The van der Waals surface area contributed by atoms with Crippen molar-refractivity contribution in [2.24, 2.45) is 5.92 Å². The summed E-state index contributed by atoms with van der Waals surface area (Å²) in [5.41, 5.74) is 0.355. The maximum atomic E-state index is 14.7. The molecule has 1 atom stereocenters. The predicted octanol–water partition coefficient (Wildman–Crippen LogP) is 2.94. The van der Waals surface area contributed by atoms with Gasteiger partial charge in [-0.3, -0.25) is 4.90 Å². The number of anilines is 1. The van der Waals surface area contributed by atoms with E-state index in [0.29, 0.717) is 18.7 Å². The van der Waals surface area contributed by atoms with Crippen LogP contribution in [0.15, 0.2) is 72.8 Å². The minimum Gasteiger partial charge on any atom is -1.00 e. The minimum atomic E-state index is -1.03. The fraction of sp³-hybridized carbons (Fsp3) is 0.345. The smallest absolute Gasteiger partial charge is 0.415 e. The molecule has 3 heterocycles. The normalized spacial score (nSPS) is 21.9. The molecule has 0 N–H and O–H groups in total. The first-order valence-corrected chi connectivity index (χ1v) is 12.6. The molecule has 3 saturated heterocycles. The number of nitrogens with zero attached hydrogens (tertiary/aromatic N) is 2. The second kappa shape index (κ2) is 12.2. The average molecular weight is 591 g/mol. The van der Waals surface area contributed by atoms with E-state index in [1.54, 1.807) is 6.07 Å². The predicted molar refractivity (Wildman–Crippen MR) is 134 cm³/mol. The third kappa shape index (κ3) is 6.32. The Morgan fingerprint density at radius 2 is 1.61 bits per heavy atom. The first-order valence-electron chi connectivity index (χ1n) is 12.6. The van der Waals surface area contributed by atoms with Gasteiger partial charge in [-0.05, 0) is 42.0 Å². The van der Waals surface area contributed by atoms with Crippen LogP contribution < -0.4 is 26.6 Å². The Kier molecular flexibility index (Phi) is 8.99. The van der Waals surface area contributed by atoms with Gasteiger partial charge in [0.2, 0.25) is 0 Å². The number of para-hydroxylation sites is 2. The van der Waals surface area contributed by atoms with E-state index in [4.69, 9.17) is 9.47 Å². The summed E-state index contributed by atoms with van der Waals surface area (Å²) in [5, 5.41) is 0. The fourth-order valence-corrected chi connectivity index (χ4v) is 5.48. The number of quaternary nitrogens is 1. The van der Waals surface area contributed by atoms with Crippen LogP contribution in [-0.4, -0.2) is 49.5 Å². The highest BCUT2D eigenvalue weighted by Gasteiger charge is 2.48. The van der Waals surface area contributed by atoms with Gasteiger partial charge in [-0.1, -0.05) is 36.4 Å². The number of halogens is 4. The monoisotopic (exact) mass is 590 g/mol. The Morgan fingerprint density at radius 1 is 0.895 bits per heavy atom. The highest BCUT2D eigenvalue weighted by molar-refractivity contribution is 5.87. The molecule has 0 aromatic heterocycles. The van der Waals surface area contributed by atoms with Crippen LogP contribution in [-0.2, 0) is 11.3 Å². The Balaban J connectivity index is 0.00000336. The van der Waals surface area contributed by atoms with Gasteiger partial charge in [-0.25, -0.2) is 18.0 Å². The molecule has 3 fully saturated rings. The largest absolute Gasteiger partial charge is 1.00 e. The SMILES string of the molecule is O=C(O[C@H]1C[N+]2(CCOc3ccccc3)CCC1CC2)N(Cc1ccc(F)c(F)c1)c1ccccc1F.[Br-]. The molecule has 9 heteroatoms. The van der Waals surface area contributed by atoms with E-state index in [2.05, 4.69) is 0 Å². The summed E-state index contributed by atoms with van der Waals surface area (Å²) in [6.07, 6.45) is 0.858. The maximum absolute atomic E-state index is 14.7. The number of benzene rings is 3. The van der Waals surface area contributed by atoms with Gasteiger partial charge in [0.15, 0.2) is 17.7 Å². The molecule has 38 heavy (non-hydrogen) atoms. The number of hydrogen-bond acceptors (Lipinski definition) is 3. The summed E-state index contributed by atoms with van der Waals surface area (Å²) in [4.78, 5) is 14.6. The molecule has 3 aliphatic rings. The molecule has 0 radical (unpaired) electrons. The second-order valence-electron chi connectivity index (χ2n) is 9.90. The van der Waals surface area contributed by atoms with Gasteiger partial charge in [0, 0.05) is 18.8 Å². The third-order valence-electron chi connectivity index (χ3n) is 7.56. The van der Waals surface area contributed by atoms with Crippen LogP contribution in [0, 0.1) is 23.4 Å². The zero-order valence-electron chi connectivity index (χ0n) is 20.9. The first-order chi connectivity index (χ1) is 17.9. The number of fused-ring (bicyclic) bond motifs is 3. The van der Waals surface area contributed by atoms with E-state index in [0.717, 1.165) is 59.7 Å². The van der Waals surface area contributed by atoms with Crippen molar-refractivity contribution in [2.75, 3.05) is 37.7 Å². The molecule has 2 bridgehead atoms. The van der Waals surface area contributed by atoms with Crippen LogP contribution in [0.1, 0.15) is 18.4 Å². The van der Waals surface area contributed by atoms with E-state index >= 15 is 0 Å². The number of carbonyl (C=O) groups excluding carboxylic acids is 1. The Hall–Kier alpha value is -3.04. The van der Waals surface area contributed by atoms with Crippen LogP contribution in [0.5, 0.6) is 5.75 Å². The van der Waals surface area contributed by atoms with Gasteiger partial charge in [0.05, 0.1) is 25.3 Å². The van der Waals surface area contributed by atoms with Crippen LogP contribution in [0.4, 0.5) is 23.7 Å². The maximum Gasteiger partial charge on any atom is 0.415 e. The van der Waals surface area contributed by atoms with Gasteiger partial charge in [0.25, 0.3) is 0 Å². The molecular formula is C29H30BrF3N2O3. The van der Waals surface area contributed by atoms with E-state index < -0.39 is 23.5 Å². The lowest BCUT2D eigenvalue weighted by Crippen LogP contribution is -3.00. The first kappa shape index (κ1) is 28.0. The molecule has 202 valence electrons. The zero-order chi connectivity index (χ0) is 25.8. The number of amides is 1. The number of ether oxygens (including phenoxy) is 2. The standard InChI is InChI=1S/C29H30F3N2O3.BrH/c30-24-11-10-21(18-26(24)32)19-33(27-9-5-4-8-25(27)31)29(35)37-28-20-34(14-12-22(28)13-15-34)16-17-36-23-6-2-1-3-7-23;/h1-11,18,22,28H,12-17,19-20H2;1H/q+1;/p-1/t22?,28-,34?;/m0./s1. The number of rotatable bonds is 8. The van der Waals surface area contributed by atoms with Crippen molar-refractivity contribution in [1.82, 2.24) is 0 Å². The van der Waals surface area contributed by atoms with Crippen molar-refractivity contribution in [1.29, 1.82) is 0 Å². The molecule has 1 amide bonds. The average Bonchev–Trinajstić information content (AvgIpc) is 2.91. The van der Waals surface area contributed by atoms with Crippen LogP contribution in [0.2, 0.25) is 0 Å². The van der Waals surface area contributed by atoms with Crippen molar-refractivity contribution in [3.8, 4) is 5.75 Å². The van der Waals surface area contributed by atoms with E-state index in [1.165, 1.54) is 24.3 Å². The third-order valence-corrected chi connectivity index (χ3v) is 7.56. The molecule has 3 aliphatic heterocycles. The lowest BCUT2D eigenvalue weighted by atomic mass is 9.83. The molecule has 0 spiro atoms. The molecule has 3 aromatic rings. The zero-order valence-corrected chi connectivity index (χ0v) is 22.5. The minimum absolute atomic E-state index is 0. The van der Waals surface area contributed by atoms with E-state index in [9.17, 15) is 18.0 Å². The van der Waals surface area contributed by atoms with E-state index in [1.807, 2.05) is 30.3 Å².